The summed E-state index contributed by atoms with van der Waals surface area (Å²) in [4.78, 5) is 24.0. The summed E-state index contributed by atoms with van der Waals surface area (Å²) in [6, 6.07) is 13.3. The van der Waals surface area contributed by atoms with Crippen LogP contribution in [0, 0.1) is 11.6 Å². The number of hydrogen-bond acceptors (Lipinski definition) is 4. The van der Waals surface area contributed by atoms with E-state index in [1.165, 1.54) is 48.5 Å². The minimum absolute atomic E-state index is 0. The second-order valence-corrected chi connectivity index (χ2v) is 15.7. The van der Waals surface area contributed by atoms with Crippen molar-refractivity contribution in [3.8, 4) is 0 Å². The lowest BCUT2D eigenvalue weighted by atomic mass is 9.90. The van der Waals surface area contributed by atoms with Crippen LogP contribution in [-0.4, -0.2) is 36.0 Å². The summed E-state index contributed by atoms with van der Waals surface area (Å²) < 4.78 is 176. The van der Waals surface area contributed by atoms with Gasteiger partial charge in [0.25, 0.3) is 11.8 Å². The van der Waals surface area contributed by atoms with Crippen molar-refractivity contribution < 1.29 is 71.1 Å². The summed E-state index contributed by atoms with van der Waals surface area (Å²) in [6.07, 6.45) is -13.7. The lowest BCUT2D eigenvalue weighted by Crippen LogP contribution is -2.40. The molecule has 0 aliphatic heterocycles. The largest absolute Gasteiger partial charge is 0.416 e. The lowest BCUT2D eigenvalue weighted by molar-refractivity contribution is -0.144. The molecule has 0 spiro atoms. The molecule has 2 amide bonds. The van der Waals surface area contributed by atoms with Gasteiger partial charge in [-0.3, -0.25) is 9.59 Å². The van der Waals surface area contributed by atoms with Gasteiger partial charge in [-0.15, -0.1) is 12.4 Å². The highest BCUT2D eigenvalue weighted by molar-refractivity contribution is 9.10. The molecule has 0 bridgehead atoms. The number of benzene rings is 4. The average Bonchev–Trinajstić information content (AvgIpc) is 3.19. The number of carbonyl (C=O) groups is 2. The van der Waals surface area contributed by atoms with E-state index in [0.29, 0.717) is 61.1 Å². The number of nitrogens with two attached hydrogens (primary N) is 1. The molecule has 0 heterocycles. The van der Waals surface area contributed by atoms with Crippen LogP contribution in [0.3, 0.4) is 0 Å². The zero-order valence-corrected chi connectivity index (χ0v) is 35.4. The van der Waals surface area contributed by atoms with Gasteiger partial charge < -0.3 is 21.7 Å². The predicted octanol–water partition coefficient (Wildman–Crippen LogP) is 12.8. The van der Waals surface area contributed by atoms with Crippen molar-refractivity contribution in [1.29, 1.82) is 0 Å². The van der Waals surface area contributed by atoms with Crippen LogP contribution in [0.15, 0.2) is 89.4 Å². The number of carbonyl (C=O) groups excluding carboxylic acids is 2. The Balaban J connectivity index is 0.000000279. The van der Waals surface area contributed by atoms with Gasteiger partial charge in [0.15, 0.2) is 0 Å². The molecule has 4 aromatic carbocycles. The highest BCUT2D eigenvalue weighted by Crippen LogP contribution is 2.39. The van der Waals surface area contributed by atoms with E-state index >= 15 is 0 Å². The van der Waals surface area contributed by atoms with Crippen molar-refractivity contribution in [1.82, 2.24) is 10.6 Å². The summed E-state index contributed by atoms with van der Waals surface area (Å²) in [5, 5.41) is 8.53. The van der Waals surface area contributed by atoms with Crippen LogP contribution < -0.4 is 21.7 Å². The monoisotopic (exact) mass is 1010 g/mol. The van der Waals surface area contributed by atoms with Crippen LogP contribution in [0.25, 0.3) is 0 Å². The molecule has 6 nitrogen and oxygen atoms in total. The molecular weight excluding hydrogens is 974 g/mol. The highest BCUT2D eigenvalue weighted by atomic mass is 79.9. The fraction of sp³-hybridized carbons (Fsp3) is 0.381. The van der Waals surface area contributed by atoms with Crippen LogP contribution in [0.4, 0.5) is 67.2 Å². The molecule has 352 valence electrons. The van der Waals surface area contributed by atoms with Crippen molar-refractivity contribution in [2.75, 3.05) is 5.32 Å². The Morgan fingerprint density at radius 2 is 0.781 bits per heavy atom. The van der Waals surface area contributed by atoms with Gasteiger partial charge in [0, 0.05) is 45.5 Å². The molecule has 22 heteroatoms. The van der Waals surface area contributed by atoms with E-state index in [4.69, 9.17) is 5.73 Å². The van der Waals surface area contributed by atoms with Crippen molar-refractivity contribution in [3.05, 3.63) is 134 Å². The van der Waals surface area contributed by atoms with E-state index in [1.807, 2.05) is 0 Å². The second-order valence-electron chi connectivity index (χ2n) is 14.8. The lowest BCUT2D eigenvalue weighted by Gasteiger charge is -2.30. The first kappa shape index (κ1) is 53.7. The predicted molar refractivity (Wildman–Crippen MR) is 215 cm³/mol. The maximum Gasteiger partial charge on any atom is 0.416 e. The number of rotatable bonds is 6. The third-order valence-corrected chi connectivity index (χ3v) is 10.4. The van der Waals surface area contributed by atoms with E-state index in [9.17, 15) is 71.1 Å². The second kappa shape index (κ2) is 22.5. The van der Waals surface area contributed by atoms with Gasteiger partial charge >= 0.3 is 24.7 Å². The first-order chi connectivity index (χ1) is 29.2. The molecular formula is C42H40BrClF14N4O2. The Morgan fingerprint density at radius 3 is 1.11 bits per heavy atom. The molecule has 2 fully saturated rings. The Kier molecular flexibility index (Phi) is 18.9. The van der Waals surface area contributed by atoms with Gasteiger partial charge in [0.2, 0.25) is 0 Å². The first-order valence-corrected chi connectivity index (χ1v) is 19.9. The topological polar surface area (TPSA) is 96.2 Å². The van der Waals surface area contributed by atoms with Gasteiger partial charge in [-0.1, -0.05) is 15.9 Å². The molecule has 0 radical (unpaired) electrons. The van der Waals surface area contributed by atoms with Gasteiger partial charge in [0.05, 0.1) is 22.3 Å². The zero-order chi connectivity index (χ0) is 46.9. The Morgan fingerprint density at radius 1 is 0.484 bits per heavy atom. The number of hydrogen-bond donors (Lipinski definition) is 4. The fourth-order valence-electron chi connectivity index (χ4n) is 6.58. The molecule has 0 saturated heterocycles. The molecule has 6 rings (SSSR count). The Labute approximate surface area is 372 Å². The van der Waals surface area contributed by atoms with Crippen molar-refractivity contribution in [2.45, 2.75) is 100 Å². The summed E-state index contributed by atoms with van der Waals surface area (Å²) in [6.45, 7) is 0. The number of alkyl halides is 12. The van der Waals surface area contributed by atoms with Gasteiger partial charge in [0.1, 0.15) is 11.6 Å². The Hall–Kier alpha value is -4.63. The highest BCUT2D eigenvalue weighted by Gasteiger charge is 2.38. The quantitative estimate of drug-likeness (QED) is 0.145. The summed E-state index contributed by atoms with van der Waals surface area (Å²) in [7, 11) is 0. The number of nitrogens with one attached hydrogen (secondary N) is 3. The smallest absolute Gasteiger partial charge is 0.382 e. The van der Waals surface area contributed by atoms with E-state index in [1.54, 1.807) is 0 Å². The Bertz CT molecular complexity index is 2070. The van der Waals surface area contributed by atoms with Gasteiger partial charge in [-0.05, 0) is 136 Å². The summed E-state index contributed by atoms with van der Waals surface area (Å²) >= 11 is 2.60. The van der Waals surface area contributed by atoms with E-state index in [2.05, 4.69) is 31.9 Å². The van der Waals surface area contributed by atoms with Crippen molar-refractivity contribution in [3.63, 3.8) is 0 Å². The third-order valence-electron chi connectivity index (χ3n) is 9.89. The van der Waals surface area contributed by atoms with Crippen LogP contribution >= 0.6 is 28.3 Å². The fourth-order valence-corrected chi connectivity index (χ4v) is 7.07. The van der Waals surface area contributed by atoms with E-state index < -0.39 is 52.8 Å². The zero-order valence-electron chi connectivity index (χ0n) is 33.0. The molecule has 0 unspecified atom stereocenters. The summed E-state index contributed by atoms with van der Waals surface area (Å²) in [5.74, 6) is -1.30. The first-order valence-electron chi connectivity index (χ1n) is 19.1. The molecule has 2 saturated carbocycles. The van der Waals surface area contributed by atoms with Gasteiger partial charge in [-0.2, -0.15) is 52.7 Å². The molecule has 4 aromatic rings. The van der Waals surface area contributed by atoms with Gasteiger partial charge in [-0.25, -0.2) is 8.78 Å². The molecule has 5 N–H and O–H groups in total. The summed E-state index contributed by atoms with van der Waals surface area (Å²) in [5.41, 5.74) is 0.950. The number of halogens is 16. The standard InChI is InChI=1S/C21H19F7N2O.C13H17FN2O.C8H3BrF6.ClH/c22-15-3-1-12(2-4-15)19(31)30-17-7-5-16(6-8-17)29-18-10-13(20(23,24)25)9-14(11-18)21(26,27)28;14-10-3-1-9(2-4-10)13(17)16-12-7-5-11(15)6-8-12;9-6-2-4(7(10,11)12)1-5(3-6)8(13,14)15;/h1-4,9-11,16-17,29H,5-8H2,(H,30,31);1-4,11-12H,5-8,15H2,(H,16,17);1-3H;1H. The van der Waals surface area contributed by atoms with Crippen LogP contribution in [0.5, 0.6) is 0 Å². The normalized spacial score (nSPS) is 19.1. The van der Waals surface area contributed by atoms with Crippen LogP contribution in [0.2, 0.25) is 0 Å². The molecule has 2 aliphatic carbocycles. The van der Waals surface area contributed by atoms with E-state index in [0.717, 1.165) is 25.7 Å². The van der Waals surface area contributed by atoms with Crippen molar-refractivity contribution >= 4 is 45.8 Å². The minimum atomic E-state index is -4.90. The number of anilines is 1. The molecule has 0 atom stereocenters. The van der Waals surface area contributed by atoms with Crippen LogP contribution in [-0.2, 0) is 24.7 Å². The molecule has 2 aliphatic rings. The molecule has 0 aromatic heterocycles. The average molecular weight is 1010 g/mol. The molecule has 64 heavy (non-hydrogen) atoms. The minimum Gasteiger partial charge on any atom is -0.382 e. The third kappa shape index (κ3) is 17.1. The van der Waals surface area contributed by atoms with Crippen molar-refractivity contribution in [2.24, 2.45) is 5.73 Å². The van der Waals surface area contributed by atoms with E-state index in [-0.39, 0.29) is 76.5 Å². The maximum atomic E-state index is 13.0. The SMILES string of the molecule is Cl.FC(F)(F)c1cc(Br)cc(C(F)(F)F)c1.NC1CCC(NC(=O)c2ccc(F)cc2)CC1.O=C(NC1CCC(Nc2cc(C(F)(F)F)cc(C(F)(F)F)c2)CC1)c1ccc(F)cc1. The maximum absolute atomic E-state index is 13.0. The van der Waals surface area contributed by atoms with Crippen LogP contribution in [0.1, 0.15) is 94.3 Å². The number of amides is 2.